The maximum Gasteiger partial charge on any atom is 0.387 e. The van der Waals surface area contributed by atoms with Crippen molar-refractivity contribution in [2.45, 2.75) is 19.7 Å². The maximum atomic E-state index is 12.3. The first-order chi connectivity index (χ1) is 14.9. The normalized spacial score (nSPS) is 14.0. The van der Waals surface area contributed by atoms with Gasteiger partial charge in [0.15, 0.2) is 5.96 Å². The van der Waals surface area contributed by atoms with Crippen LogP contribution in [0.4, 0.5) is 14.5 Å². The lowest BCUT2D eigenvalue weighted by atomic mass is 10.2. The van der Waals surface area contributed by atoms with Crippen LogP contribution >= 0.6 is 24.0 Å². The molecule has 32 heavy (non-hydrogen) atoms. The minimum Gasteiger partial charge on any atom is -0.435 e. The molecule has 174 valence electrons. The van der Waals surface area contributed by atoms with Crippen LogP contribution in [0.5, 0.6) is 5.75 Å². The van der Waals surface area contributed by atoms with Crippen molar-refractivity contribution in [2.75, 3.05) is 38.6 Å². The number of rotatable bonds is 7. The van der Waals surface area contributed by atoms with Gasteiger partial charge in [-0.1, -0.05) is 24.3 Å². The van der Waals surface area contributed by atoms with Crippen LogP contribution in [0.1, 0.15) is 11.1 Å². The number of anilines is 1. The molecule has 1 aliphatic heterocycles. The molecule has 10 heteroatoms. The van der Waals surface area contributed by atoms with E-state index in [9.17, 15) is 13.6 Å². The molecule has 2 aromatic rings. The molecule has 1 amide bonds. The summed E-state index contributed by atoms with van der Waals surface area (Å²) >= 11 is 0. The van der Waals surface area contributed by atoms with Crippen LogP contribution in [0.3, 0.4) is 0 Å². The molecule has 0 radical (unpaired) electrons. The molecule has 0 unspecified atom stereocenters. The van der Waals surface area contributed by atoms with Gasteiger partial charge in [0.25, 0.3) is 0 Å². The van der Waals surface area contributed by atoms with E-state index in [0.29, 0.717) is 32.1 Å². The van der Waals surface area contributed by atoms with Gasteiger partial charge in [-0.3, -0.25) is 9.79 Å². The zero-order chi connectivity index (χ0) is 22.2. The SMILES string of the molecule is CN=C(NCc1ccc(N2CCNC(=O)C2)cc1)N(C)Cc1ccc(OC(F)F)cc1.I. The number of aliphatic imine (C=N–C) groups is 1. The number of piperazine rings is 1. The number of benzene rings is 2. The summed E-state index contributed by atoms with van der Waals surface area (Å²) in [4.78, 5) is 19.9. The van der Waals surface area contributed by atoms with E-state index in [4.69, 9.17) is 0 Å². The van der Waals surface area contributed by atoms with Crippen LogP contribution in [0.2, 0.25) is 0 Å². The van der Waals surface area contributed by atoms with Gasteiger partial charge >= 0.3 is 6.61 Å². The van der Waals surface area contributed by atoms with E-state index < -0.39 is 6.61 Å². The second-order valence-electron chi connectivity index (χ2n) is 7.22. The standard InChI is InChI=1S/C22H27F2N5O2.HI/c1-25-22(28(2)14-17-5-9-19(10-6-17)31-21(23)24)27-13-16-3-7-18(8-4-16)29-12-11-26-20(30)15-29;/h3-10,21H,11-15H2,1-2H3,(H,25,27)(H,26,30);1H. The molecule has 0 spiro atoms. The average molecular weight is 559 g/mol. The Bertz CT molecular complexity index is 894. The van der Waals surface area contributed by atoms with Crippen molar-refractivity contribution in [1.29, 1.82) is 0 Å². The lowest BCUT2D eigenvalue weighted by Crippen LogP contribution is -2.47. The number of carbonyl (C=O) groups is 1. The van der Waals surface area contributed by atoms with Crippen molar-refractivity contribution in [1.82, 2.24) is 15.5 Å². The van der Waals surface area contributed by atoms with Gasteiger partial charge in [0, 0.05) is 46.0 Å². The van der Waals surface area contributed by atoms with Crippen LogP contribution in [-0.4, -0.2) is 57.1 Å². The number of nitrogens with zero attached hydrogens (tertiary/aromatic N) is 3. The molecule has 1 fully saturated rings. The summed E-state index contributed by atoms with van der Waals surface area (Å²) in [6.45, 7) is 0.168. The second-order valence-corrected chi connectivity index (χ2v) is 7.22. The molecule has 3 rings (SSSR count). The molecule has 0 saturated carbocycles. The molecule has 7 nitrogen and oxygen atoms in total. The smallest absolute Gasteiger partial charge is 0.387 e. The van der Waals surface area contributed by atoms with Gasteiger partial charge in [0.1, 0.15) is 5.75 Å². The Morgan fingerprint density at radius 3 is 2.44 bits per heavy atom. The third-order valence-electron chi connectivity index (χ3n) is 4.93. The third kappa shape index (κ3) is 7.50. The van der Waals surface area contributed by atoms with Crippen molar-refractivity contribution in [3.63, 3.8) is 0 Å². The molecular formula is C22H28F2IN5O2. The van der Waals surface area contributed by atoms with E-state index >= 15 is 0 Å². The molecule has 0 bridgehead atoms. The maximum absolute atomic E-state index is 12.3. The summed E-state index contributed by atoms with van der Waals surface area (Å²) in [5, 5.41) is 6.15. The highest BCUT2D eigenvalue weighted by molar-refractivity contribution is 14.0. The van der Waals surface area contributed by atoms with Crippen LogP contribution in [-0.2, 0) is 17.9 Å². The minimum absolute atomic E-state index is 0. The molecule has 2 aromatic carbocycles. The number of amides is 1. The minimum atomic E-state index is -2.83. The van der Waals surface area contributed by atoms with Crippen LogP contribution in [0.15, 0.2) is 53.5 Å². The van der Waals surface area contributed by atoms with E-state index in [1.165, 1.54) is 12.1 Å². The summed E-state index contributed by atoms with van der Waals surface area (Å²) in [5.74, 6) is 0.891. The highest BCUT2D eigenvalue weighted by Crippen LogP contribution is 2.17. The molecule has 1 heterocycles. The lowest BCUT2D eigenvalue weighted by Gasteiger charge is -2.28. The van der Waals surface area contributed by atoms with Gasteiger partial charge in [-0.25, -0.2) is 0 Å². The fourth-order valence-corrected chi connectivity index (χ4v) is 3.37. The van der Waals surface area contributed by atoms with E-state index in [1.54, 1.807) is 19.2 Å². The van der Waals surface area contributed by atoms with Crippen LogP contribution in [0.25, 0.3) is 0 Å². The van der Waals surface area contributed by atoms with E-state index in [1.807, 2.05) is 36.2 Å². The van der Waals surface area contributed by atoms with Crippen molar-refractivity contribution in [3.8, 4) is 5.75 Å². The van der Waals surface area contributed by atoms with Crippen LogP contribution in [0, 0.1) is 0 Å². The summed E-state index contributed by atoms with van der Waals surface area (Å²) in [5.41, 5.74) is 3.06. The zero-order valence-corrected chi connectivity index (χ0v) is 20.4. The molecule has 0 aromatic heterocycles. The Balaban J connectivity index is 0.00000363. The summed E-state index contributed by atoms with van der Waals surface area (Å²) in [6.07, 6.45) is 0. The largest absolute Gasteiger partial charge is 0.435 e. The van der Waals surface area contributed by atoms with E-state index in [-0.39, 0.29) is 35.6 Å². The molecule has 2 N–H and O–H groups in total. The molecule has 1 saturated heterocycles. The second kappa shape index (κ2) is 12.4. The molecule has 0 aliphatic carbocycles. The summed E-state index contributed by atoms with van der Waals surface area (Å²) in [6, 6.07) is 14.7. The molecule has 1 aliphatic rings. The number of carbonyl (C=O) groups excluding carboxylic acids is 1. The first kappa shape index (κ1) is 25.6. The van der Waals surface area contributed by atoms with Gasteiger partial charge in [-0.05, 0) is 35.4 Å². The van der Waals surface area contributed by atoms with E-state index in [2.05, 4.69) is 25.3 Å². The van der Waals surface area contributed by atoms with E-state index in [0.717, 1.165) is 23.4 Å². The number of nitrogens with one attached hydrogen (secondary N) is 2. The van der Waals surface area contributed by atoms with Gasteiger partial charge in [0.05, 0.1) is 6.54 Å². The average Bonchev–Trinajstić information content (AvgIpc) is 2.75. The van der Waals surface area contributed by atoms with Gasteiger partial charge in [-0.2, -0.15) is 8.78 Å². The molecule has 0 atom stereocenters. The Labute approximate surface area is 203 Å². The highest BCUT2D eigenvalue weighted by Gasteiger charge is 2.16. The van der Waals surface area contributed by atoms with Gasteiger partial charge in [-0.15, -0.1) is 24.0 Å². The Morgan fingerprint density at radius 1 is 1.19 bits per heavy atom. The zero-order valence-electron chi connectivity index (χ0n) is 18.1. The molecular weight excluding hydrogens is 531 g/mol. The number of halogens is 3. The first-order valence-corrected chi connectivity index (χ1v) is 10.0. The van der Waals surface area contributed by atoms with Gasteiger partial charge in [0.2, 0.25) is 5.91 Å². The van der Waals surface area contributed by atoms with Crippen molar-refractivity contribution >= 4 is 41.5 Å². The fraction of sp³-hybridized carbons (Fsp3) is 0.364. The van der Waals surface area contributed by atoms with Gasteiger partial charge < -0.3 is 25.2 Å². The predicted octanol–water partition coefficient (Wildman–Crippen LogP) is 3.05. The monoisotopic (exact) mass is 559 g/mol. The van der Waals surface area contributed by atoms with Crippen molar-refractivity contribution in [2.24, 2.45) is 4.99 Å². The third-order valence-corrected chi connectivity index (χ3v) is 4.93. The fourth-order valence-electron chi connectivity index (χ4n) is 3.37. The number of alkyl halides is 2. The van der Waals surface area contributed by atoms with Crippen molar-refractivity contribution in [3.05, 3.63) is 59.7 Å². The number of ether oxygens (including phenoxy) is 1. The van der Waals surface area contributed by atoms with Crippen LogP contribution < -0.4 is 20.3 Å². The number of guanidine groups is 1. The number of hydrogen-bond acceptors (Lipinski definition) is 4. The lowest BCUT2D eigenvalue weighted by molar-refractivity contribution is -0.120. The Morgan fingerprint density at radius 2 is 1.84 bits per heavy atom. The Hall–Kier alpha value is -2.63. The highest BCUT2D eigenvalue weighted by atomic mass is 127. The summed E-state index contributed by atoms with van der Waals surface area (Å²) in [7, 11) is 3.62. The quantitative estimate of drug-likeness (QED) is 0.310. The Kier molecular flexibility index (Phi) is 9.95. The predicted molar refractivity (Wildman–Crippen MR) is 132 cm³/mol. The summed E-state index contributed by atoms with van der Waals surface area (Å²) < 4.78 is 28.9. The first-order valence-electron chi connectivity index (χ1n) is 10.0. The van der Waals surface area contributed by atoms with Crippen molar-refractivity contribution < 1.29 is 18.3 Å². The number of hydrogen-bond donors (Lipinski definition) is 2. The topological polar surface area (TPSA) is 69.2 Å².